The molecule has 3 fully saturated rings. The number of hydrogen-bond acceptors (Lipinski definition) is 18. The maximum absolute atomic E-state index is 15.5. The van der Waals surface area contributed by atoms with E-state index in [4.69, 9.17) is 42.3 Å². The number of nitrogens with one attached hydrogen (secondary N) is 1. The van der Waals surface area contributed by atoms with Crippen LogP contribution in [0, 0.1) is 16.7 Å². The zero-order chi connectivity index (χ0) is 47.6. The zero-order valence-corrected chi connectivity index (χ0v) is 37.7. The molecule has 356 valence electrons. The Morgan fingerprint density at radius 3 is 2.14 bits per heavy atom. The molecule has 3 aliphatic carbocycles. The molecular formula is C46H59NO18. The molecule has 9 unspecified atom stereocenters. The molecule has 1 aromatic heterocycles. The smallest absolute Gasteiger partial charge is 0.408 e. The second-order valence-electron chi connectivity index (χ2n) is 17.6. The molecule has 6 rings (SSSR count). The van der Waals surface area contributed by atoms with E-state index in [1.54, 1.807) is 32.0 Å². The summed E-state index contributed by atoms with van der Waals surface area (Å²) in [6.07, 6.45) is -11.6. The number of ether oxygens (including phenoxy) is 8. The average Bonchev–Trinajstić information content (AvgIpc) is 3.79. The van der Waals surface area contributed by atoms with E-state index < -0.39 is 119 Å². The quantitative estimate of drug-likeness (QED) is 0.107. The van der Waals surface area contributed by atoms with Crippen LogP contribution in [-0.4, -0.2) is 138 Å². The summed E-state index contributed by atoms with van der Waals surface area (Å²) in [5.41, 5.74) is -7.88. The number of alkyl carbamates (subject to hydrolysis) is 1. The molecule has 0 spiro atoms. The summed E-state index contributed by atoms with van der Waals surface area (Å²) in [5, 5.41) is 39.9. The monoisotopic (exact) mass is 913 g/mol. The Labute approximate surface area is 376 Å². The van der Waals surface area contributed by atoms with Crippen LogP contribution in [0.15, 0.2) is 64.3 Å². The highest BCUT2D eigenvalue weighted by atomic mass is 16.6. The number of aliphatic hydroxyl groups is 3. The lowest BCUT2D eigenvalue weighted by molar-refractivity contribution is -0.346. The summed E-state index contributed by atoms with van der Waals surface area (Å²) in [5.74, 6) is -6.56. The first-order chi connectivity index (χ1) is 30.7. The number of furan rings is 1. The predicted molar refractivity (Wildman–Crippen MR) is 222 cm³/mol. The molecule has 4 N–H and O–H groups in total. The number of hydrogen-bond donors (Lipinski definition) is 4. The lowest BCUT2D eigenvalue weighted by Crippen LogP contribution is -2.82. The first-order valence-corrected chi connectivity index (χ1v) is 21.6. The van der Waals surface area contributed by atoms with Crippen molar-refractivity contribution < 1.29 is 86.4 Å². The maximum Gasteiger partial charge on any atom is 0.408 e. The number of Topliss-reactive ketones (excluding diaryl/α,β-unsaturated/α-hetero) is 1. The molecule has 2 bridgehead atoms. The van der Waals surface area contributed by atoms with E-state index in [0.717, 1.165) is 13.8 Å². The SMILES string of the molecule is CCOCC(COCC)OC(=O)NC(c1ccco1)C(O)C(=O)OC1CC2(O)C(OC(=O)c3ccccc3)C3[C@]4(OC(C)=O)COC4CC(O)[C@@]3(C)C(=O)C(OC(C)=O)C(=C1C)C2(C)C. The highest BCUT2D eigenvalue weighted by molar-refractivity contribution is 5.95. The molecule has 1 saturated heterocycles. The average molecular weight is 914 g/mol. The molecule has 4 aliphatic rings. The van der Waals surface area contributed by atoms with Gasteiger partial charge in [-0.05, 0) is 63.1 Å². The van der Waals surface area contributed by atoms with Gasteiger partial charge in [0, 0.05) is 45.3 Å². The van der Waals surface area contributed by atoms with Crippen molar-refractivity contribution in [3.8, 4) is 0 Å². The van der Waals surface area contributed by atoms with Gasteiger partial charge in [0.25, 0.3) is 0 Å². The van der Waals surface area contributed by atoms with Gasteiger partial charge in [0.1, 0.15) is 35.7 Å². The van der Waals surface area contributed by atoms with Crippen LogP contribution in [0.5, 0.6) is 0 Å². The largest absolute Gasteiger partial charge is 0.467 e. The first-order valence-electron chi connectivity index (χ1n) is 21.6. The summed E-state index contributed by atoms with van der Waals surface area (Å²) >= 11 is 0. The lowest BCUT2D eigenvalue weighted by Gasteiger charge is -2.67. The Morgan fingerprint density at radius 1 is 0.923 bits per heavy atom. The van der Waals surface area contributed by atoms with Crippen LogP contribution in [0.4, 0.5) is 4.79 Å². The second-order valence-corrected chi connectivity index (χ2v) is 17.6. The minimum absolute atomic E-state index is 0.0119. The molecule has 2 aromatic rings. The topological polar surface area (TPSA) is 262 Å². The molecule has 1 aliphatic heterocycles. The van der Waals surface area contributed by atoms with Gasteiger partial charge in [0.2, 0.25) is 0 Å². The molecular weight excluding hydrogens is 854 g/mol. The molecule has 0 radical (unpaired) electrons. The summed E-state index contributed by atoms with van der Waals surface area (Å²) in [6.45, 7) is 12.0. The molecule has 11 atom stereocenters. The van der Waals surface area contributed by atoms with E-state index in [1.165, 1.54) is 58.2 Å². The summed E-state index contributed by atoms with van der Waals surface area (Å²) in [6, 6.07) is 9.02. The molecule has 65 heavy (non-hydrogen) atoms. The number of carbonyl (C=O) groups is 6. The summed E-state index contributed by atoms with van der Waals surface area (Å²) < 4.78 is 52.0. The van der Waals surface area contributed by atoms with Gasteiger partial charge in [0.05, 0.1) is 49.1 Å². The number of ketones is 1. The van der Waals surface area contributed by atoms with Gasteiger partial charge in [0.15, 0.2) is 29.7 Å². The minimum Gasteiger partial charge on any atom is -0.467 e. The standard InChI is InChI=1S/C46H59NO18/c1-9-57-21-28(22-58-10-2)62-42(55)47-34(29-17-14-18-59-29)35(51)41(54)63-30-20-46(56)39(64-40(53)27-15-12-11-13-16-27)37-44(8,31(50)19-32-45(37,23-60-32)65-26(5)49)38(52)36(61-25(4)48)33(24(30)3)43(46,6)7/h11-18,28,30-32,34-37,39,50-51,56H,9-10,19-23H2,1-8H3,(H,47,55)/t30?,31?,32?,34?,35?,36?,37?,39?,44-,45+,46?/m1/s1. The van der Waals surface area contributed by atoms with Crippen molar-refractivity contribution in [2.24, 2.45) is 16.7 Å². The fourth-order valence-corrected chi connectivity index (χ4v) is 10.1. The Hall–Kier alpha value is -5.18. The summed E-state index contributed by atoms with van der Waals surface area (Å²) in [7, 11) is 0. The van der Waals surface area contributed by atoms with Gasteiger partial charge >= 0.3 is 30.0 Å². The van der Waals surface area contributed by atoms with Crippen LogP contribution in [0.25, 0.3) is 0 Å². The maximum atomic E-state index is 15.5. The molecule has 2 saturated carbocycles. The molecule has 1 aromatic carbocycles. The fourth-order valence-electron chi connectivity index (χ4n) is 10.1. The Balaban J connectivity index is 1.47. The summed E-state index contributed by atoms with van der Waals surface area (Å²) in [4.78, 5) is 83.4. The third-order valence-corrected chi connectivity index (χ3v) is 13.4. The van der Waals surface area contributed by atoms with Gasteiger partial charge in [-0.1, -0.05) is 32.0 Å². The highest BCUT2D eigenvalue weighted by Gasteiger charge is 2.78. The normalized spacial score (nSPS) is 31.1. The molecule has 1 amide bonds. The van der Waals surface area contributed by atoms with Crippen LogP contribution < -0.4 is 5.32 Å². The van der Waals surface area contributed by atoms with Crippen LogP contribution in [-0.2, 0) is 57.1 Å². The van der Waals surface area contributed by atoms with Crippen molar-refractivity contribution in [1.82, 2.24) is 5.32 Å². The Bertz CT molecular complexity index is 2110. The number of aliphatic hydroxyl groups excluding tert-OH is 2. The van der Waals surface area contributed by atoms with Crippen LogP contribution in [0.1, 0.15) is 90.4 Å². The predicted octanol–water partition coefficient (Wildman–Crippen LogP) is 3.07. The van der Waals surface area contributed by atoms with Crippen molar-refractivity contribution >= 4 is 35.8 Å². The number of esters is 4. The van der Waals surface area contributed by atoms with Gasteiger partial charge in [-0.3, -0.25) is 14.4 Å². The van der Waals surface area contributed by atoms with Crippen LogP contribution >= 0.6 is 0 Å². The van der Waals surface area contributed by atoms with Gasteiger partial charge < -0.3 is 62.9 Å². The van der Waals surface area contributed by atoms with Gasteiger partial charge in [-0.15, -0.1) is 0 Å². The first kappa shape index (κ1) is 49.3. The highest BCUT2D eigenvalue weighted by Crippen LogP contribution is 2.64. The minimum atomic E-state index is -2.43. The van der Waals surface area contributed by atoms with Crippen molar-refractivity contribution in [3.63, 3.8) is 0 Å². The van der Waals surface area contributed by atoms with Crippen molar-refractivity contribution in [3.05, 3.63) is 71.2 Å². The van der Waals surface area contributed by atoms with E-state index in [0.29, 0.717) is 13.2 Å². The van der Waals surface area contributed by atoms with E-state index in [9.17, 15) is 39.3 Å². The Morgan fingerprint density at radius 2 is 1.58 bits per heavy atom. The van der Waals surface area contributed by atoms with Gasteiger partial charge in [-0.2, -0.15) is 0 Å². The number of carbonyl (C=O) groups excluding carboxylic acids is 6. The number of amides is 1. The van der Waals surface area contributed by atoms with Crippen molar-refractivity contribution in [2.75, 3.05) is 33.0 Å². The van der Waals surface area contributed by atoms with E-state index >= 15 is 4.79 Å². The van der Waals surface area contributed by atoms with Crippen LogP contribution in [0.3, 0.4) is 0 Å². The number of fused-ring (bicyclic) bond motifs is 5. The third-order valence-electron chi connectivity index (χ3n) is 13.4. The second kappa shape index (κ2) is 19.3. The van der Waals surface area contributed by atoms with E-state index in [2.05, 4.69) is 5.32 Å². The van der Waals surface area contributed by atoms with Crippen LogP contribution in [0.2, 0.25) is 0 Å². The molecule has 19 heteroatoms. The lowest BCUT2D eigenvalue weighted by atomic mass is 9.44. The van der Waals surface area contributed by atoms with E-state index in [1.807, 2.05) is 0 Å². The zero-order valence-electron chi connectivity index (χ0n) is 37.7. The van der Waals surface area contributed by atoms with E-state index in [-0.39, 0.29) is 48.7 Å². The third kappa shape index (κ3) is 9.05. The molecule has 19 nitrogen and oxygen atoms in total. The number of benzene rings is 1. The fraction of sp³-hybridized carbons (Fsp3) is 0.609. The van der Waals surface area contributed by atoms with Crippen molar-refractivity contribution in [1.29, 1.82) is 0 Å². The van der Waals surface area contributed by atoms with Gasteiger partial charge in [-0.25, -0.2) is 14.4 Å². The molecule has 2 heterocycles. The number of rotatable bonds is 16. The Kier molecular flexibility index (Phi) is 14.7. The van der Waals surface area contributed by atoms with Crippen molar-refractivity contribution in [2.45, 2.75) is 128 Å².